The minimum Gasteiger partial charge on any atom is -0.345 e. The SMILES string of the molecule is C[C@H](Cn1cccn1)NC(=O)c1ncn([C@@H]2CCCNC2)n1. The van der Waals surface area contributed by atoms with Crippen LogP contribution in [0, 0.1) is 0 Å². The summed E-state index contributed by atoms with van der Waals surface area (Å²) in [4.78, 5) is 16.3. The van der Waals surface area contributed by atoms with Gasteiger partial charge in [-0.05, 0) is 32.4 Å². The second-order valence-electron chi connectivity index (χ2n) is 5.65. The number of aromatic nitrogens is 5. The Kier molecular flexibility index (Phi) is 4.47. The molecule has 2 atom stereocenters. The number of nitrogens with one attached hydrogen (secondary N) is 2. The largest absolute Gasteiger partial charge is 0.345 e. The molecule has 0 aromatic carbocycles. The molecule has 0 aliphatic carbocycles. The molecule has 1 aliphatic rings. The van der Waals surface area contributed by atoms with Gasteiger partial charge in [0.2, 0.25) is 5.82 Å². The Morgan fingerprint density at radius 3 is 3.23 bits per heavy atom. The van der Waals surface area contributed by atoms with Crippen LogP contribution >= 0.6 is 0 Å². The molecule has 2 aromatic heterocycles. The van der Waals surface area contributed by atoms with Gasteiger partial charge in [-0.25, -0.2) is 9.67 Å². The van der Waals surface area contributed by atoms with Crippen molar-refractivity contribution in [2.45, 2.75) is 38.4 Å². The lowest BCUT2D eigenvalue weighted by atomic mass is 10.1. The van der Waals surface area contributed by atoms with E-state index in [0.717, 1.165) is 25.9 Å². The van der Waals surface area contributed by atoms with Crippen LogP contribution in [0.5, 0.6) is 0 Å². The summed E-state index contributed by atoms with van der Waals surface area (Å²) in [6.45, 7) is 4.47. The Labute approximate surface area is 128 Å². The molecule has 1 fully saturated rings. The minimum absolute atomic E-state index is 0.0457. The van der Waals surface area contributed by atoms with Gasteiger partial charge < -0.3 is 10.6 Å². The summed E-state index contributed by atoms with van der Waals surface area (Å²) in [5.74, 6) is -0.0277. The van der Waals surface area contributed by atoms with E-state index in [0.29, 0.717) is 6.54 Å². The first-order valence-electron chi connectivity index (χ1n) is 7.62. The molecule has 1 saturated heterocycles. The van der Waals surface area contributed by atoms with Crippen molar-refractivity contribution in [3.8, 4) is 0 Å². The summed E-state index contributed by atoms with van der Waals surface area (Å²) in [5.41, 5.74) is 0. The Balaban J connectivity index is 1.56. The molecular weight excluding hydrogens is 282 g/mol. The fraction of sp³-hybridized carbons (Fsp3) is 0.571. The summed E-state index contributed by atoms with van der Waals surface area (Å²) >= 11 is 0. The molecular formula is C14H21N7O. The standard InChI is InChI=1S/C14H21N7O/c1-11(9-20-7-3-6-17-20)18-14(22)13-16-10-21(19-13)12-4-2-5-15-8-12/h3,6-7,10-12,15H,2,4-5,8-9H2,1H3,(H,18,22)/t11-,12-/m1/s1. The molecule has 0 radical (unpaired) electrons. The molecule has 8 heteroatoms. The first-order chi connectivity index (χ1) is 10.7. The molecule has 2 N–H and O–H groups in total. The molecule has 2 aromatic rings. The number of rotatable bonds is 5. The van der Waals surface area contributed by atoms with Crippen LogP contribution in [0.1, 0.15) is 36.4 Å². The molecule has 0 bridgehead atoms. The number of carbonyl (C=O) groups is 1. The number of nitrogens with zero attached hydrogens (tertiary/aromatic N) is 5. The van der Waals surface area contributed by atoms with Crippen molar-refractivity contribution in [3.63, 3.8) is 0 Å². The van der Waals surface area contributed by atoms with Crippen molar-refractivity contribution in [1.29, 1.82) is 0 Å². The van der Waals surface area contributed by atoms with Crippen LogP contribution in [0.2, 0.25) is 0 Å². The first kappa shape index (κ1) is 14.7. The molecule has 0 spiro atoms. The zero-order valence-electron chi connectivity index (χ0n) is 12.6. The van der Waals surface area contributed by atoms with Gasteiger partial charge in [0.1, 0.15) is 6.33 Å². The summed E-state index contributed by atoms with van der Waals surface area (Å²) < 4.78 is 3.57. The predicted octanol–water partition coefficient (Wildman–Crippen LogP) is 0.218. The van der Waals surface area contributed by atoms with Gasteiger partial charge in [0, 0.05) is 25.0 Å². The zero-order valence-corrected chi connectivity index (χ0v) is 12.6. The number of hydrogen-bond acceptors (Lipinski definition) is 5. The Morgan fingerprint density at radius 2 is 2.50 bits per heavy atom. The second-order valence-corrected chi connectivity index (χ2v) is 5.65. The van der Waals surface area contributed by atoms with Gasteiger partial charge in [-0.15, -0.1) is 5.10 Å². The third-order valence-electron chi connectivity index (χ3n) is 3.75. The van der Waals surface area contributed by atoms with E-state index in [9.17, 15) is 4.79 Å². The highest BCUT2D eigenvalue weighted by Crippen LogP contribution is 2.14. The fourth-order valence-electron chi connectivity index (χ4n) is 2.64. The van der Waals surface area contributed by atoms with E-state index in [4.69, 9.17) is 0 Å². The van der Waals surface area contributed by atoms with E-state index in [1.807, 2.05) is 19.2 Å². The maximum atomic E-state index is 12.2. The lowest BCUT2D eigenvalue weighted by Gasteiger charge is -2.22. The molecule has 22 heavy (non-hydrogen) atoms. The second kappa shape index (κ2) is 6.69. The van der Waals surface area contributed by atoms with Gasteiger partial charge in [0.25, 0.3) is 5.91 Å². The van der Waals surface area contributed by atoms with Crippen LogP contribution in [0.25, 0.3) is 0 Å². The highest BCUT2D eigenvalue weighted by atomic mass is 16.2. The lowest BCUT2D eigenvalue weighted by molar-refractivity contribution is 0.0924. The maximum Gasteiger partial charge on any atom is 0.291 e. The normalized spacial score (nSPS) is 19.8. The molecule has 0 saturated carbocycles. The first-order valence-corrected chi connectivity index (χ1v) is 7.62. The molecule has 1 aliphatic heterocycles. The molecule has 3 heterocycles. The summed E-state index contributed by atoms with van der Waals surface area (Å²) in [6.07, 6.45) is 7.41. The van der Waals surface area contributed by atoms with Gasteiger partial charge in [0.05, 0.1) is 12.6 Å². The Morgan fingerprint density at radius 1 is 1.59 bits per heavy atom. The third-order valence-corrected chi connectivity index (χ3v) is 3.75. The molecule has 3 rings (SSSR count). The van der Waals surface area contributed by atoms with Crippen LogP contribution in [0.4, 0.5) is 0 Å². The van der Waals surface area contributed by atoms with E-state index in [2.05, 4.69) is 25.8 Å². The highest BCUT2D eigenvalue weighted by Gasteiger charge is 2.19. The van der Waals surface area contributed by atoms with Crippen LogP contribution < -0.4 is 10.6 Å². The Bertz CT molecular complexity index is 600. The number of amides is 1. The monoisotopic (exact) mass is 303 g/mol. The van der Waals surface area contributed by atoms with E-state index >= 15 is 0 Å². The van der Waals surface area contributed by atoms with Crippen molar-refractivity contribution in [2.75, 3.05) is 13.1 Å². The van der Waals surface area contributed by atoms with Gasteiger partial charge in [-0.3, -0.25) is 9.48 Å². The minimum atomic E-state index is -0.248. The molecule has 8 nitrogen and oxygen atoms in total. The highest BCUT2D eigenvalue weighted by molar-refractivity contribution is 5.90. The van der Waals surface area contributed by atoms with Crippen molar-refractivity contribution >= 4 is 5.91 Å². The summed E-state index contributed by atoms with van der Waals surface area (Å²) in [7, 11) is 0. The van der Waals surface area contributed by atoms with E-state index < -0.39 is 0 Å². The summed E-state index contributed by atoms with van der Waals surface area (Å²) in [6, 6.07) is 2.09. The van der Waals surface area contributed by atoms with Gasteiger partial charge >= 0.3 is 0 Å². The van der Waals surface area contributed by atoms with Gasteiger partial charge in [-0.1, -0.05) is 0 Å². The van der Waals surface area contributed by atoms with E-state index in [1.165, 1.54) is 0 Å². The fourth-order valence-corrected chi connectivity index (χ4v) is 2.64. The van der Waals surface area contributed by atoms with Gasteiger partial charge in [0.15, 0.2) is 0 Å². The van der Waals surface area contributed by atoms with Crippen LogP contribution in [-0.2, 0) is 6.54 Å². The number of piperidine rings is 1. The van der Waals surface area contributed by atoms with Crippen molar-refractivity contribution in [3.05, 3.63) is 30.6 Å². The third kappa shape index (κ3) is 3.51. The smallest absolute Gasteiger partial charge is 0.291 e. The van der Waals surface area contributed by atoms with E-state index in [-0.39, 0.29) is 23.8 Å². The van der Waals surface area contributed by atoms with Gasteiger partial charge in [-0.2, -0.15) is 5.10 Å². The van der Waals surface area contributed by atoms with Crippen LogP contribution in [0.15, 0.2) is 24.8 Å². The predicted molar refractivity (Wildman–Crippen MR) is 80.3 cm³/mol. The molecule has 1 amide bonds. The zero-order chi connectivity index (χ0) is 15.4. The molecule has 118 valence electrons. The number of carbonyl (C=O) groups excluding carboxylic acids is 1. The van der Waals surface area contributed by atoms with E-state index in [1.54, 1.807) is 21.9 Å². The maximum absolute atomic E-state index is 12.2. The Hall–Kier alpha value is -2.22. The topological polar surface area (TPSA) is 89.7 Å². The average molecular weight is 303 g/mol. The molecule has 0 unspecified atom stereocenters. The quantitative estimate of drug-likeness (QED) is 0.824. The lowest BCUT2D eigenvalue weighted by Crippen LogP contribution is -2.36. The van der Waals surface area contributed by atoms with Crippen LogP contribution in [-0.4, -0.2) is 49.6 Å². The number of hydrogen-bond donors (Lipinski definition) is 2. The van der Waals surface area contributed by atoms with Crippen molar-refractivity contribution < 1.29 is 4.79 Å². The van der Waals surface area contributed by atoms with Crippen LogP contribution in [0.3, 0.4) is 0 Å². The summed E-state index contributed by atoms with van der Waals surface area (Å²) in [5, 5.41) is 14.7. The van der Waals surface area contributed by atoms with Crippen molar-refractivity contribution in [1.82, 2.24) is 35.2 Å². The van der Waals surface area contributed by atoms with Crippen molar-refractivity contribution in [2.24, 2.45) is 0 Å². The average Bonchev–Trinajstić information content (AvgIpc) is 3.19.